The normalized spacial score (nSPS) is 14.1. The molecule has 0 atom stereocenters. The van der Waals surface area contributed by atoms with E-state index in [1.165, 1.54) is 23.1 Å². The van der Waals surface area contributed by atoms with Gasteiger partial charge >= 0.3 is 0 Å². The van der Waals surface area contributed by atoms with Gasteiger partial charge < -0.3 is 4.52 Å². The highest BCUT2D eigenvalue weighted by Crippen LogP contribution is 2.37. The summed E-state index contributed by atoms with van der Waals surface area (Å²) in [6, 6.07) is 10.1. The minimum absolute atomic E-state index is 0.0612. The molecule has 0 spiro atoms. The average molecular weight is 396 g/mol. The molecule has 0 radical (unpaired) electrons. The summed E-state index contributed by atoms with van der Waals surface area (Å²) < 4.78 is 7.98. The summed E-state index contributed by atoms with van der Waals surface area (Å²) in [6.45, 7) is 2.02. The molecular weight excluding hydrogens is 380 g/mol. The van der Waals surface area contributed by atoms with Gasteiger partial charge in [0, 0.05) is 11.6 Å². The van der Waals surface area contributed by atoms with Gasteiger partial charge in [0.15, 0.2) is 5.16 Å². The van der Waals surface area contributed by atoms with Crippen LogP contribution < -0.4 is 5.56 Å². The van der Waals surface area contributed by atoms with Gasteiger partial charge in [0.1, 0.15) is 4.70 Å². The van der Waals surface area contributed by atoms with Crippen LogP contribution in [0.4, 0.5) is 0 Å². The largest absolute Gasteiger partial charge is 0.338 e. The molecule has 0 bridgehead atoms. The third kappa shape index (κ3) is 3.08. The molecule has 5 rings (SSSR count). The molecule has 8 heteroatoms. The third-order valence-electron chi connectivity index (χ3n) is 4.57. The molecule has 0 saturated heterocycles. The van der Waals surface area contributed by atoms with Gasteiger partial charge in [-0.05, 0) is 36.8 Å². The van der Waals surface area contributed by atoms with Gasteiger partial charge in [0.05, 0.1) is 11.3 Å². The number of hydrogen-bond donors (Lipinski definition) is 0. The van der Waals surface area contributed by atoms with E-state index in [4.69, 9.17) is 9.51 Å². The molecule has 0 N–H and O–H groups in total. The molecule has 1 saturated carbocycles. The van der Waals surface area contributed by atoms with Crippen LogP contribution in [-0.2, 0) is 5.75 Å². The molecule has 0 aliphatic heterocycles. The highest BCUT2D eigenvalue weighted by atomic mass is 32.2. The standard InChI is InChI=1S/C19H16N4O2S2/c1-11-4-2-3-5-13(11)17-21-15(25-22-17)10-27-19-20-14-8-9-26-16(14)18(24)23(19)12-6-7-12/h2-5,8-9,12H,6-7,10H2,1H3. The van der Waals surface area contributed by atoms with Gasteiger partial charge in [-0.25, -0.2) is 4.98 Å². The first-order valence-electron chi connectivity index (χ1n) is 8.72. The van der Waals surface area contributed by atoms with Crippen LogP contribution in [0, 0.1) is 6.92 Å². The predicted molar refractivity (Wildman–Crippen MR) is 106 cm³/mol. The van der Waals surface area contributed by atoms with E-state index in [0.29, 0.717) is 17.5 Å². The second-order valence-electron chi connectivity index (χ2n) is 6.55. The lowest BCUT2D eigenvalue weighted by Gasteiger charge is -2.09. The first-order valence-corrected chi connectivity index (χ1v) is 10.6. The Morgan fingerprint density at radius 1 is 1.26 bits per heavy atom. The Morgan fingerprint density at radius 3 is 2.93 bits per heavy atom. The number of fused-ring (bicyclic) bond motifs is 1. The molecule has 27 heavy (non-hydrogen) atoms. The predicted octanol–water partition coefficient (Wildman–Crippen LogP) is 4.44. The molecule has 1 aliphatic rings. The molecule has 0 unspecified atom stereocenters. The van der Waals surface area contributed by atoms with Crippen molar-refractivity contribution in [1.82, 2.24) is 19.7 Å². The van der Waals surface area contributed by atoms with E-state index in [1.807, 2.05) is 47.2 Å². The maximum absolute atomic E-state index is 12.8. The minimum atomic E-state index is 0.0612. The molecular formula is C19H16N4O2S2. The average Bonchev–Trinajstić information content (AvgIpc) is 3.19. The van der Waals surface area contributed by atoms with E-state index in [1.54, 1.807) is 0 Å². The SMILES string of the molecule is Cc1ccccc1-c1noc(CSc2nc3ccsc3c(=O)n2C2CC2)n1. The Balaban J connectivity index is 1.43. The Kier molecular flexibility index (Phi) is 4.09. The maximum atomic E-state index is 12.8. The topological polar surface area (TPSA) is 73.8 Å². The van der Waals surface area contributed by atoms with Crippen LogP contribution in [0.25, 0.3) is 21.6 Å². The number of benzene rings is 1. The summed E-state index contributed by atoms with van der Waals surface area (Å²) >= 11 is 2.93. The Bertz CT molecular complexity index is 1190. The number of nitrogens with zero attached hydrogens (tertiary/aromatic N) is 4. The van der Waals surface area contributed by atoms with Crippen molar-refractivity contribution in [3.63, 3.8) is 0 Å². The van der Waals surface area contributed by atoms with Crippen LogP contribution in [0.15, 0.2) is 50.2 Å². The number of thioether (sulfide) groups is 1. The fraction of sp³-hybridized carbons (Fsp3) is 0.263. The number of aromatic nitrogens is 4. The van der Waals surface area contributed by atoms with Crippen LogP contribution in [0.1, 0.15) is 30.3 Å². The molecule has 6 nitrogen and oxygen atoms in total. The summed E-state index contributed by atoms with van der Waals surface area (Å²) in [4.78, 5) is 22.0. The number of thiophene rings is 1. The summed E-state index contributed by atoms with van der Waals surface area (Å²) in [6.07, 6.45) is 2.06. The maximum Gasteiger partial charge on any atom is 0.272 e. The van der Waals surface area contributed by atoms with E-state index >= 15 is 0 Å². The zero-order chi connectivity index (χ0) is 18.4. The van der Waals surface area contributed by atoms with Crippen molar-refractivity contribution in [3.8, 4) is 11.4 Å². The molecule has 1 fully saturated rings. The van der Waals surface area contributed by atoms with E-state index in [0.717, 1.165) is 39.3 Å². The third-order valence-corrected chi connectivity index (χ3v) is 6.40. The second kappa shape index (κ2) is 6.61. The zero-order valence-electron chi connectivity index (χ0n) is 14.6. The molecule has 1 aliphatic carbocycles. The lowest BCUT2D eigenvalue weighted by molar-refractivity contribution is 0.391. The summed E-state index contributed by atoms with van der Waals surface area (Å²) in [7, 11) is 0. The Labute approximate surface area is 163 Å². The second-order valence-corrected chi connectivity index (χ2v) is 8.41. The number of rotatable bonds is 5. The fourth-order valence-corrected chi connectivity index (χ4v) is 4.70. The fourth-order valence-electron chi connectivity index (χ4n) is 3.03. The van der Waals surface area contributed by atoms with E-state index in [-0.39, 0.29) is 11.6 Å². The van der Waals surface area contributed by atoms with Crippen molar-refractivity contribution in [2.75, 3.05) is 0 Å². The van der Waals surface area contributed by atoms with Crippen molar-refractivity contribution < 1.29 is 4.52 Å². The molecule has 1 aromatic carbocycles. The molecule has 4 aromatic rings. The first kappa shape index (κ1) is 16.7. The lowest BCUT2D eigenvalue weighted by Crippen LogP contribution is -2.21. The van der Waals surface area contributed by atoms with Crippen molar-refractivity contribution in [1.29, 1.82) is 0 Å². The van der Waals surface area contributed by atoms with Crippen molar-refractivity contribution in [2.45, 2.75) is 36.7 Å². The van der Waals surface area contributed by atoms with E-state index in [2.05, 4.69) is 10.1 Å². The number of aryl methyl sites for hydroxylation is 1. The van der Waals surface area contributed by atoms with Crippen molar-refractivity contribution in [2.24, 2.45) is 0 Å². The highest BCUT2D eigenvalue weighted by Gasteiger charge is 2.29. The first-order chi connectivity index (χ1) is 13.2. The van der Waals surface area contributed by atoms with Gasteiger partial charge in [-0.3, -0.25) is 9.36 Å². The van der Waals surface area contributed by atoms with Crippen molar-refractivity contribution in [3.05, 3.63) is 57.5 Å². The van der Waals surface area contributed by atoms with Crippen LogP contribution in [0.3, 0.4) is 0 Å². The quantitative estimate of drug-likeness (QED) is 0.367. The van der Waals surface area contributed by atoms with Gasteiger partial charge in [-0.2, -0.15) is 4.98 Å². The Morgan fingerprint density at radius 2 is 2.11 bits per heavy atom. The summed E-state index contributed by atoms with van der Waals surface area (Å²) in [5.41, 5.74) is 2.89. The van der Waals surface area contributed by atoms with Crippen molar-refractivity contribution >= 4 is 33.3 Å². The summed E-state index contributed by atoms with van der Waals surface area (Å²) in [5.74, 6) is 1.60. The zero-order valence-corrected chi connectivity index (χ0v) is 16.2. The van der Waals surface area contributed by atoms with Gasteiger partial charge in [0.2, 0.25) is 11.7 Å². The monoisotopic (exact) mass is 396 g/mol. The van der Waals surface area contributed by atoms with E-state index < -0.39 is 0 Å². The van der Waals surface area contributed by atoms with Gasteiger partial charge in [-0.15, -0.1) is 11.3 Å². The molecule has 3 aromatic heterocycles. The molecule has 0 amide bonds. The van der Waals surface area contributed by atoms with Crippen LogP contribution in [0.2, 0.25) is 0 Å². The Hall–Kier alpha value is -2.45. The number of hydrogen-bond acceptors (Lipinski definition) is 7. The minimum Gasteiger partial charge on any atom is -0.338 e. The van der Waals surface area contributed by atoms with Crippen LogP contribution in [0.5, 0.6) is 0 Å². The van der Waals surface area contributed by atoms with Crippen LogP contribution >= 0.6 is 23.1 Å². The molecule has 136 valence electrons. The lowest BCUT2D eigenvalue weighted by atomic mass is 10.1. The summed E-state index contributed by atoms with van der Waals surface area (Å²) in [5, 5.41) is 6.74. The van der Waals surface area contributed by atoms with Gasteiger partial charge in [0.25, 0.3) is 5.56 Å². The molecule has 3 heterocycles. The smallest absolute Gasteiger partial charge is 0.272 e. The van der Waals surface area contributed by atoms with E-state index in [9.17, 15) is 4.79 Å². The highest BCUT2D eigenvalue weighted by molar-refractivity contribution is 7.98. The van der Waals surface area contributed by atoms with Gasteiger partial charge in [-0.1, -0.05) is 41.2 Å². The van der Waals surface area contributed by atoms with Crippen LogP contribution in [-0.4, -0.2) is 19.7 Å².